The molecule has 8 nitrogen and oxygen atoms in total. The second-order valence-electron chi connectivity index (χ2n) is 10.4. The summed E-state index contributed by atoms with van der Waals surface area (Å²) in [7, 11) is -9.70. The van der Waals surface area contributed by atoms with E-state index in [4.69, 9.17) is 37.3 Å². The van der Waals surface area contributed by atoms with Gasteiger partial charge in [0.15, 0.2) is 30.1 Å². The van der Waals surface area contributed by atoms with Crippen LogP contribution in [0, 0.1) is 26.4 Å². The standard InChI is InChI=1S/C31H28S4.2ClHO4/c1-21-18-19-30(34-26-14-6-2-10-22(26)32-23-11-3-7-15-27(23)34)31(20-21)35-28-16-8-4-12-24(28)33-25-13-5-9-17-29(25)35;2*2-1(3,4)5/h2-17,21,30-31H,18-20H2,1H3;2*(H,2,3,4,5)/q+2;;/p-2/t21?,30-,31-;;/m1../s1. The Morgan fingerprint density at radius 2 is 0.778 bits per heavy atom. The molecule has 3 atom stereocenters. The summed E-state index contributed by atoms with van der Waals surface area (Å²) < 4.78 is 67.9. The van der Waals surface area contributed by atoms with Crippen molar-refractivity contribution in [1.82, 2.24) is 0 Å². The number of hydrogen-bond donors (Lipinski definition) is 0. The molecule has 4 aromatic rings. The SMILES string of the molecule is CC1CC[C@@H]([S+]2c3ccccc3Sc3ccccc32)[C@H]([S+]2c3ccccc3Sc3ccccc32)C1.[O-][Cl+3]([O-])([O-])[O-].[O-][Cl+3]([O-])([O-])[O-]. The number of halogens is 2. The van der Waals surface area contributed by atoms with Crippen LogP contribution in [-0.4, -0.2) is 10.5 Å². The minimum Gasteiger partial charge on any atom is -0.222 e. The first-order chi connectivity index (χ1) is 21.3. The molecule has 0 amide bonds. The number of benzene rings is 4. The molecule has 238 valence electrons. The molecule has 0 N–H and O–H groups in total. The van der Waals surface area contributed by atoms with Gasteiger partial charge in [0, 0.05) is 12.8 Å². The highest BCUT2D eigenvalue weighted by Crippen LogP contribution is 2.54. The molecule has 3 aliphatic rings. The molecular formula is C31H28Cl2O8S4. The molecule has 1 fully saturated rings. The Labute approximate surface area is 280 Å². The average Bonchev–Trinajstić information content (AvgIpc) is 2.97. The fraction of sp³-hybridized carbons (Fsp3) is 0.226. The fourth-order valence-electron chi connectivity index (χ4n) is 5.81. The van der Waals surface area contributed by atoms with E-state index in [0.717, 1.165) is 5.92 Å². The van der Waals surface area contributed by atoms with Gasteiger partial charge in [-0.1, -0.05) is 79.0 Å². The van der Waals surface area contributed by atoms with Gasteiger partial charge in [-0.05, 0) is 60.9 Å². The summed E-state index contributed by atoms with van der Waals surface area (Å²) in [5.41, 5.74) is 0. The lowest BCUT2D eigenvalue weighted by Crippen LogP contribution is -2.68. The molecule has 0 radical (unpaired) electrons. The van der Waals surface area contributed by atoms with E-state index in [1.807, 2.05) is 23.5 Å². The zero-order valence-electron chi connectivity index (χ0n) is 23.7. The van der Waals surface area contributed by atoms with Crippen molar-refractivity contribution >= 4 is 45.3 Å². The van der Waals surface area contributed by atoms with Gasteiger partial charge in [0.2, 0.25) is 0 Å². The Bertz CT molecular complexity index is 1500. The van der Waals surface area contributed by atoms with Gasteiger partial charge in [-0.2, -0.15) is 0 Å². The maximum atomic E-state index is 8.49. The van der Waals surface area contributed by atoms with Gasteiger partial charge >= 0.3 is 0 Å². The van der Waals surface area contributed by atoms with Crippen molar-refractivity contribution in [2.24, 2.45) is 5.92 Å². The lowest BCUT2D eigenvalue weighted by Gasteiger charge is -2.36. The molecule has 14 heteroatoms. The van der Waals surface area contributed by atoms with Gasteiger partial charge in [0.1, 0.15) is 0 Å². The van der Waals surface area contributed by atoms with Gasteiger partial charge in [0.25, 0.3) is 0 Å². The van der Waals surface area contributed by atoms with Crippen LogP contribution in [0.15, 0.2) is 136 Å². The molecule has 0 saturated heterocycles. The number of rotatable bonds is 2. The second-order valence-corrected chi connectivity index (χ2v) is 18.4. The van der Waals surface area contributed by atoms with Crippen molar-refractivity contribution in [2.75, 3.05) is 0 Å². The smallest absolute Gasteiger partial charge is 0.177 e. The van der Waals surface area contributed by atoms with E-state index in [-0.39, 0.29) is 21.8 Å². The van der Waals surface area contributed by atoms with Crippen LogP contribution >= 0.6 is 23.5 Å². The summed E-state index contributed by atoms with van der Waals surface area (Å²) in [6, 6.07) is 37.0. The summed E-state index contributed by atoms with van der Waals surface area (Å²) in [6.45, 7) is 2.49. The Kier molecular flexibility index (Phi) is 11.4. The van der Waals surface area contributed by atoms with E-state index < -0.39 is 20.5 Å². The highest BCUT2D eigenvalue weighted by molar-refractivity contribution is 8.06. The predicted octanol–water partition coefficient (Wildman–Crippen LogP) is -0.566. The van der Waals surface area contributed by atoms with Crippen LogP contribution in [-0.2, 0) is 21.8 Å². The molecule has 0 aromatic heterocycles. The number of hydrogen-bond acceptors (Lipinski definition) is 10. The molecule has 0 bridgehead atoms. The Balaban J connectivity index is 0.000000351. The van der Waals surface area contributed by atoms with Crippen LogP contribution in [0.4, 0.5) is 0 Å². The van der Waals surface area contributed by atoms with Crippen LogP contribution in [0.5, 0.6) is 0 Å². The van der Waals surface area contributed by atoms with E-state index in [1.54, 1.807) is 19.6 Å². The molecular weight excluding hydrogens is 700 g/mol. The molecule has 1 unspecified atom stereocenters. The van der Waals surface area contributed by atoms with Gasteiger partial charge < -0.3 is 0 Å². The minimum atomic E-state index is -4.94. The molecule has 0 spiro atoms. The summed E-state index contributed by atoms with van der Waals surface area (Å²) in [4.78, 5) is 12.2. The third-order valence-corrected chi connectivity index (χ3v) is 16.0. The maximum absolute atomic E-state index is 8.49. The number of fused-ring (bicyclic) bond motifs is 4. The topological polar surface area (TPSA) is 184 Å². The van der Waals surface area contributed by atoms with Crippen LogP contribution in [0.2, 0.25) is 0 Å². The summed E-state index contributed by atoms with van der Waals surface area (Å²) in [6.07, 6.45) is 3.99. The predicted molar refractivity (Wildman–Crippen MR) is 152 cm³/mol. The quantitative estimate of drug-likeness (QED) is 0.243. The van der Waals surface area contributed by atoms with Gasteiger partial charge in [-0.3, -0.25) is 0 Å². The van der Waals surface area contributed by atoms with Gasteiger partial charge in [-0.25, -0.2) is 37.3 Å². The van der Waals surface area contributed by atoms with Crippen molar-refractivity contribution in [3.8, 4) is 0 Å². The van der Waals surface area contributed by atoms with Crippen molar-refractivity contribution in [3.05, 3.63) is 97.1 Å². The molecule has 2 aliphatic heterocycles. The van der Waals surface area contributed by atoms with Crippen molar-refractivity contribution in [1.29, 1.82) is 0 Å². The Morgan fingerprint density at radius 1 is 0.489 bits per heavy atom. The van der Waals surface area contributed by atoms with Crippen LogP contribution in [0.25, 0.3) is 0 Å². The van der Waals surface area contributed by atoms with Crippen LogP contribution in [0.1, 0.15) is 26.2 Å². The third kappa shape index (κ3) is 9.12. The largest absolute Gasteiger partial charge is 0.222 e. The first kappa shape index (κ1) is 34.9. The summed E-state index contributed by atoms with van der Waals surface area (Å²) >= 11 is 3.94. The molecule has 45 heavy (non-hydrogen) atoms. The summed E-state index contributed by atoms with van der Waals surface area (Å²) in [5, 5.41) is 1.33. The molecule has 4 aromatic carbocycles. The lowest BCUT2D eigenvalue weighted by molar-refractivity contribution is -2.00. The van der Waals surface area contributed by atoms with Gasteiger partial charge in [-0.15, -0.1) is 20.5 Å². The Morgan fingerprint density at radius 3 is 1.11 bits per heavy atom. The first-order valence-corrected chi connectivity index (χ1v) is 20.4. The first-order valence-electron chi connectivity index (χ1n) is 13.7. The highest BCUT2D eigenvalue weighted by atomic mass is 35.7. The van der Waals surface area contributed by atoms with E-state index in [2.05, 4.69) is 104 Å². The van der Waals surface area contributed by atoms with E-state index in [1.165, 1.54) is 38.8 Å². The fourth-order valence-corrected chi connectivity index (χ4v) is 15.4. The molecule has 2 heterocycles. The van der Waals surface area contributed by atoms with Crippen LogP contribution < -0.4 is 37.3 Å². The molecule has 1 aliphatic carbocycles. The molecule has 7 rings (SSSR count). The van der Waals surface area contributed by atoms with Crippen molar-refractivity contribution in [2.45, 2.75) is 75.8 Å². The van der Waals surface area contributed by atoms with Crippen LogP contribution in [0.3, 0.4) is 0 Å². The zero-order valence-corrected chi connectivity index (χ0v) is 28.5. The molecule has 1 saturated carbocycles. The lowest BCUT2D eigenvalue weighted by atomic mass is 9.90. The van der Waals surface area contributed by atoms with Crippen molar-refractivity contribution < 1.29 is 57.8 Å². The zero-order chi connectivity index (χ0) is 32.4. The minimum absolute atomic E-state index is 0.0923. The van der Waals surface area contributed by atoms with Gasteiger partial charge in [0.05, 0.1) is 41.4 Å². The van der Waals surface area contributed by atoms with E-state index in [9.17, 15) is 0 Å². The maximum Gasteiger partial charge on any atom is 0.177 e. The second kappa shape index (κ2) is 14.8. The van der Waals surface area contributed by atoms with E-state index in [0.29, 0.717) is 10.5 Å². The van der Waals surface area contributed by atoms with Crippen molar-refractivity contribution in [3.63, 3.8) is 0 Å². The highest BCUT2D eigenvalue weighted by Gasteiger charge is 2.56. The average molecular weight is 728 g/mol. The Hall–Kier alpha value is -1.46. The van der Waals surface area contributed by atoms with E-state index >= 15 is 0 Å². The normalized spacial score (nSPS) is 21.0. The monoisotopic (exact) mass is 726 g/mol. The third-order valence-electron chi connectivity index (χ3n) is 7.38. The summed E-state index contributed by atoms with van der Waals surface area (Å²) in [5.74, 6) is 0.783.